The fourth-order valence-electron chi connectivity index (χ4n) is 3.36. The predicted molar refractivity (Wildman–Crippen MR) is 75.8 cm³/mol. The van der Waals surface area contributed by atoms with Crippen LogP contribution in [0.3, 0.4) is 0 Å². The normalized spacial score (nSPS) is 28.7. The topological polar surface area (TPSA) is 58.4 Å². The van der Waals surface area contributed by atoms with Crippen molar-refractivity contribution in [2.45, 2.75) is 43.2 Å². The quantitative estimate of drug-likeness (QED) is 0.823. The molecule has 0 bridgehead atoms. The molecule has 0 N–H and O–H groups in total. The minimum absolute atomic E-state index is 0.0783. The summed E-state index contributed by atoms with van der Waals surface area (Å²) in [6.07, 6.45) is 6.17. The van der Waals surface area contributed by atoms with Crippen molar-refractivity contribution >= 4 is 10.0 Å². The Labute approximate surface area is 120 Å². The van der Waals surface area contributed by atoms with Crippen molar-refractivity contribution in [3.05, 3.63) is 12.4 Å². The highest BCUT2D eigenvalue weighted by atomic mass is 32.2. The van der Waals surface area contributed by atoms with Crippen LogP contribution in [0.1, 0.15) is 26.2 Å². The fraction of sp³-hybridized carbons (Fsp3) is 0.769. The van der Waals surface area contributed by atoms with Crippen molar-refractivity contribution < 1.29 is 8.42 Å². The zero-order valence-corrected chi connectivity index (χ0v) is 12.9. The van der Waals surface area contributed by atoms with Gasteiger partial charge in [0, 0.05) is 38.4 Å². The maximum absolute atomic E-state index is 12.8. The van der Waals surface area contributed by atoms with Gasteiger partial charge in [0.1, 0.15) is 4.90 Å². The van der Waals surface area contributed by atoms with Gasteiger partial charge in [-0.25, -0.2) is 8.42 Å². The van der Waals surface area contributed by atoms with Crippen molar-refractivity contribution in [1.82, 2.24) is 19.0 Å². The molecule has 3 heterocycles. The van der Waals surface area contributed by atoms with E-state index in [-0.39, 0.29) is 6.04 Å². The first-order valence-electron chi connectivity index (χ1n) is 7.27. The van der Waals surface area contributed by atoms with E-state index in [0.29, 0.717) is 17.5 Å². The summed E-state index contributed by atoms with van der Waals surface area (Å²) < 4.78 is 28.9. The molecule has 3 rings (SSSR count). The number of fused-ring (bicyclic) bond motifs is 1. The van der Waals surface area contributed by atoms with Gasteiger partial charge in [0.05, 0.1) is 6.20 Å². The summed E-state index contributed by atoms with van der Waals surface area (Å²) in [5, 5.41) is 4.00. The molecule has 0 saturated carbocycles. The maximum Gasteiger partial charge on any atom is 0.246 e. The predicted octanol–water partition coefficient (Wildman–Crippen LogP) is 0.667. The smallest absolute Gasteiger partial charge is 0.246 e. The second kappa shape index (κ2) is 5.13. The van der Waals surface area contributed by atoms with Crippen LogP contribution in [0, 0.1) is 0 Å². The van der Waals surface area contributed by atoms with Crippen LogP contribution in [0.2, 0.25) is 0 Å². The van der Waals surface area contributed by atoms with Gasteiger partial charge in [0.2, 0.25) is 10.0 Å². The largest absolute Gasteiger partial charge is 0.297 e. The highest BCUT2D eigenvalue weighted by molar-refractivity contribution is 7.89. The lowest BCUT2D eigenvalue weighted by molar-refractivity contribution is 0.106. The molecule has 0 amide bonds. The van der Waals surface area contributed by atoms with Gasteiger partial charge in [-0.2, -0.15) is 9.40 Å². The van der Waals surface area contributed by atoms with Crippen LogP contribution in [0.5, 0.6) is 0 Å². The molecule has 2 saturated heterocycles. The van der Waals surface area contributed by atoms with Crippen LogP contribution in [0.4, 0.5) is 0 Å². The Morgan fingerprint density at radius 3 is 2.85 bits per heavy atom. The summed E-state index contributed by atoms with van der Waals surface area (Å²) >= 11 is 0. The number of aromatic nitrogens is 2. The lowest BCUT2D eigenvalue weighted by Crippen LogP contribution is -2.57. The molecule has 2 fully saturated rings. The summed E-state index contributed by atoms with van der Waals surface area (Å²) in [6, 6.07) is 0.471. The minimum atomic E-state index is -3.42. The molecular formula is C13H22N4O2S. The Bertz CT molecular complexity index is 583. The summed E-state index contributed by atoms with van der Waals surface area (Å²) in [6.45, 7) is 4.66. The average molecular weight is 298 g/mol. The SMILES string of the molecule is CC[C@H]1CN2CCC[C@H]2CN1S(=O)(=O)c1cnn(C)c1. The van der Waals surface area contributed by atoms with E-state index < -0.39 is 10.0 Å². The molecule has 0 radical (unpaired) electrons. The van der Waals surface area contributed by atoms with Gasteiger partial charge >= 0.3 is 0 Å². The Hall–Kier alpha value is -0.920. The van der Waals surface area contributed by atoms with Crippen molar-refractivity contribution in [2.24, 2.45) is 7.05 Å². The number of aryl methyl sites for hydroxylation is 1. The van der Waals surface area contributed by atoms with Crippen molar-refractivity contribution in [1.29, 1.82) is 0 Å². The van der Waals surface area contributed by atoms with Gasteiger partial charge < -0.3 is 0 Å². The standard InChI is InChI=1S/C13H22N4O2S/c1-3-11-8-16-6-4-5-12(16)9-17(11)20(18,19)13-7-14-15(2)10-13/h7,10-12H,3-6,8-9H2,1-2H3/t11-,12-/m0/s1. The summed E-state index contributed by atoms with van der Waals surface area (Å²) in [5.74, 6) is 0. The molecule has 112 valence electrons. The van der Waals surface area contributed by atoms with Gasteiger partial charge in [0.25, 0.3) is 0 Å². The van der Waals surface area contributed by atoms with E-state index in [9.17, 15) is 8.42 Å². The number of hydrogen-bond acceptors (Lipinski definition) is 4. The van der Waals surface area contributed by atoms with Gasteiger partial charge in [-0.1, -0.05) is 6.92 Å². The number of sulfonamides is 1. The summed E-state index contributed by atoms with van der Waals surface area (Å²) in [7, 11) is -1.68. The van der Waals surface area contributed by atoms with E-state index in [1.54, 1.807) is 22.2 Å². The molecule has 20 heavy (non-hydrogen) atoms. The van der Waals surface area contributed by atoms with Crippen LogP contribution in [-0.4, -0.2) is 59.1 Å². The molecular weight excluding hydrogens is 276 g/mol. The van der Waals surface area contributed by atoms with Crippen LogP contribution in [-0.2, 0) is 17.1 Å². The Morgan fingerprint density at radius 2 is 2.20 bits per heavy atom. The second-order valence-electron chi connectivity index (χ2n) is 5.78. The van der Waals surface area contributed by atoms with E-state index in [2.05, 4.69) is 16.9 Å². The number of hydrogen-bond donors (Lipinski definition) is 0. The highest BCUT2D eigenvalue weighted by Gasteiger charge is 2.41. The molecule has 0 unspecified atom stereocenters. The number of piperazine rings is 1. The van der Waals surface area contributed by atoms with Gasteiger partial charge in [-0.3, -0.25) is 9.58 Å². The molecule has 0 aliphatic carbocycles. The average Bonchev–Trinajstić information content (AvgIpc) is 3.05. The first kappa shape index (κ1) is 14.0. The van der Waals surface area contributed by atoms with E-state index in [0.717, 1.165) is 25.9 Å². The third-order valence-corrected chi connectivity index (χ3v) is 6.37. The van der Waals surface area contributed by atoms with E-state index in [1.165, 1.54) is 12.6 Å². The van der Waals surface area contributed by atoms with Crippen LogP contribution in [0.15, 0.2) is 17.3 Å². The summed E-state index contributed by atoms with van der Waals surface area (Å²) in [5.41, 5.74) is 0. The monoisotopic (exact) mass is 298 g/mol. The molecule has 1 aromatic heterocycles. The third kappa shape index (κ3) is 2.27. The van der Waals surface area contributed by atoms with Crippen molar-refractivity contribution in [3.8, 4) is 0 Å². The second-order valence-corrected chi connectivity index (χ2v) is 7.67. The lowest BCUT2D eigenvalue weighted by Gasteiger charge is -2.42. The van der Waals surface area contributed by atoms with E-state index >= 15 is 0 Å². The molecule has 2 aliphatic heterocycles. The Morgan fingerprint density at radius 1 is 1.40 bits per heavy atom. The molecule has 2 aliphatic rings. The molecule has 0 spiro atoms. The third-order valence-electron chi connectivity index (χ3n) is 4.50. The zero-order valence-electron chi connectivity index (χ0n) is 12.1. The van der Waals surface area contributed by atoms with Crippen LogP contribution in [0.25, 0.3) is 0 Å². The van der Waals surface area contributed by atoms with Gasteiger partial charge in [0.15, 0.2) is 0 Å². The number of rotatable bonds is 3. The lowest BCUT2D eigenvalue weighted by atomic mass is 10.1. The molecule has 1 aromatic rings. The first-order chi connectivity index (χ1) is 9.52. The minimum Gasteiger partial charge on any atom is -0.297 e. The van der Waals surface area contributed by atoms with Crippen LogP contribution >= 0.6 is 0 Å². The highest BCUT2D eigenvalue weighted by Crippen LogP contribution is 2.29. The molecule has 6 nitrogen and oxygen atoms in total. The molecule has 0 aromatic carbocycles. The van der Waals surface area contributed by atoms with Crippen molar-refractivity contribution in [2.75, 3.05) is 19.6 Å². The Balaban J connectivity index is 1.90. The number of nitrogens with zero attached hydrogens (tertiary/aromatic N) is 4. The van der Waals surface area contributed by atoms with Crippen molar-refractivity contribution in [3.63, 3.8) is 0 Å². The van der Waals surface area contributed by atoms with Gasteiger partial charge in [-0.15, -0.1) is 0 Å². The van der Waals surface area contributed by atoms with E-state index in [1.807, 2.05) is 0 Å². The Kier molecular flexibility index (Phi) is 3.60. The van der Waals surface area contributed by atoms with E-state index in [4.69, 9.17) is 0 Å². The molecule has 7 heteroatoms. The summed E-state index contributed by atoms with van der Waals surface area (Å²) in [4.78, 5) is 2.76. The fourth-order valence-corrected chi connectivity index (χ4v) is 5.07. The zero-order chi connectivity index (χ0) is 14.3. The molecule has 2 atom stereocenters. The maximum atomic E-state index is 12.8. The van der Waals surface area contributed by atoms with Gasteiger partial charge in [-0.05, 0) is 25.8 Å². The first-order valence-corrected chi connectivity index (χ1v) is 8.71. The van der Waals surface area contributed by atoms with Crippen LogP contribution < -0.4 is 0 Å².